The number of benzene rings is 3. The molecule has 33 heavy (non-hydrogen) atoms. The lowest BCUT2D eigenvalue weighted by atomic mass is 10.1. The van der Waals surface area contributed by atoms with Gasteiger partial charge in [0, 0.05) is 12.1 Å². The number of carbonyl (C=O) groups excluding carboxylic acids is 1. The number of methoxy groups -OCH3 is 1. The van der Waals surface area contributed by atoms with Crippen molar-refractivity contribution in [3.05, 3.63) is 97.6 Å². The highest BCUT2D eigenvalue weighted by Gasteiger charge is 2.39. The maximum atomic E-state index is 13.5. The highest BCUT2D eigenvalue weighted by Crippen LogP contribution is 2.43. The Morgan fingerprint density at radius 3 is 2.39 bits per heavy atom. The zero-order chi connectivity index (χ0) is 23.7. The number of hydrogen-bond donors (Lipinski definition) is 2. The SMILES string of the molecule is COc1cc(/C=C2\N[C@@H](c3ccccc3)N(c3c(Cl)cc([N+](=O)[O-])cc3Cl)C2=O)ccc1O. The molecule has 3 aromatic carbocycles. The van der Waals surface area contributed by atoms with Crippen LogP contribution >= 0.6 is 23.2 Å². The number of non-ortho nitro benzene ring substituents is 1. The van der Waals surface area contributed by atoms with Gasteiger partial charge in [0.1, 0.15) is 11.9 Å². The van der Waals surface area contributed by atoms with Crippen LogP contribution in [-0.2, 0) is 4.79 Å². The average molecular weight is 486 g/mol. The van der Waals surface area contributed by atoms with Crippen LogP contribution in [-0.4, -0.2) is 23.0 Å². The number of phenols is 1. The minimum Gasteiger partial charge on any atom is -0.504 e. The summed E-state index contributed by atoms with van der Waals surface area (Å²) in [6.07, 6.45) is 0.938. The molecule has 4 rings (SSSR count). The van der Waals surface area contributed by atoms with Crippen LogP contribution in [0.3, 0.4) is 0 Å². The molecule has 10 heteroatoms. The highest BCUT2D eigenvalue weighted by atomic mass is 35.5. The molecule has 2 N–H and O–H groups in total. The number of nitrogens with one attached hydrogen (secondary N) is 1. The molecular formula is C23H17Cl2N3O5. The zero-order valence-electron chi connectivity index (χ0n) is 17.2. The second-order valence-electron chi connectivity index (χ2n) is 7.14. The molecule has 8 nitrogen and oxygen atoms in total. The first kappa shape index (κ1) is 22.4. The molecule has 1 amide bonds. The van der Waals surface area contributed by atoms with Crippen molar-refractivity contribution in [2.45, 2.75) is 6.17 Å². The van der Waals surface area contributed by atoms with E-state index in [0.29, 0.717) is 5.56 Å². The van der Waals surface area contributed by atoms with Crippen molar-refractivity contribution in [3.63, 3.8) is 0 Å². The van der Waals surface area contributed by atoms with Gasteiger partial charge in [0.25, 0.3) is 11.6 Å². The molecule has 0 unspecified atom stereocenters. The van der Waals surface area contributed by atoms with Crippen LogP contribution in [0.5, 0.6) is 11.5 Å². The van der Waals surface area contributed by atoms with Crippen molar-refractivity contribution < 1.29 is 19.6 Å². The Labute approximate surface area is 198 Å². The van der Waals surface area contributed by atoms with Gasteiger partial charge in [-0.2, -0.15) is 0 Å². The number of rotatable bonds is 5. The van der Waals surface area contributed by atoms with E-state index < -0.39 is 17.0 Å². The molecule has 1 atom stereocenters. The molecule has 168 valence electrons. The van der Waals surface area contributed by atoms with Gasteiger partial charge >= 0.3 is 0 Å². The van der Waals surface area contributed by atoms with Crippen molar-refractivity contribution in [2.75, 3.05) is 12.0 Å². The van der Waals surface area contributed by atoms with Crippen LogP contribution in [0.15, 0.2) is 66.4 Å². The first-order valence-corrected chi connectivity index (χ1v) is 10.4. The van der Waals surface area contributed by atoms with E-state index in [1.165, 1.54) is 18.1 Å². The predicted molar refractivity (Wildman–Crippen MR) is 126 cm³/mol. The number of hydrogen-bond acceptors (Lipinski definition) is 6. The number of aromatic hydroxyl groups is 1. The number of amides is 1. The number of phenolic OH excluding ortho intramolecular Hbond substituents is 1. The van der Waals surface area contributed by atoms with Gasteiger partial charge in [-0.1, -0.05) is 59.6 Å². The molecular weight excluding hydrogens is 469 g/mol. The number of nitrogens with zero attached hydrogens (tertiary/aromatic N) is 2. The van der Waals surface area contributed by atoms with Crippen molar-refractivity contribution in [2.24, 2.45) is 0 Å². The van der Waals surface area contributed by atoms with Gasteiger partial charge < -0.3 is 15.2 Å². The van der Waals surface area contributed by atoms with E-state index in [9.17, 15) is 20.0 Å². The Kier molecular flexibility index (Phi) is 6.13. The molecule has 0 aliphatic carbocycles. The van der Waals surface area contributed by atoms with Gasteiger partial charge in [0.2, 0.25) is 0 Å². The molecule has 0 saturated carbocycles. The first-order valence-electron chi connectivity index (χ1n) is 9.67. The second-order valence-corrected chi connectivity index (χ2v) is 7.95. The van der Waals surface area contributed by atoms with E-state index in [4.69, 9.17) is 27.9 Å². The fourth-order valence-corrected chi connectivity index (χ4v) is 4.22. The zero-order valence-corrected chi connectivity index (χ0v) is 18.7. The summed E-state index contributed by atoms with van der Waals surface area (Å²) in [4.78, 5) is 25.4. The van der Waals surface area contributed by atoms with E-state index in [0.717, 1.165) is 17.7 Å². The van der Waals surface area contributed by atoms with E-state index in [2.05, 4.69) is 5.32 Å². The summed E-state index contributed by atoms with van der Waals surface area (Å²) in [6.45, 7) is 0. The van der Waals surface area contributed by atoms with Gasteiger partial charge in [-0.15, -0.1) is 0 Å². The molecule has 0 aromatic heterocycles. The van der Waals surface area contributed by atoms with Crippen LogP contribution in [0.4, 0.5) is 11.4 Å². The van der Waals surface area contributed by atoms with Gasteiger partial charge in [0.15, 0.2) is 11.5 Å². The maximum absolute atomic E-state index is 13.5. The lowest BCUT2D eigenvalue weighted by molar-refractivity contribution is -0.384. The van der Waals surface area contributed by atoms with E-state index in [1.54, 1.807) is 18.2 Å². The summed E-state index contributed by atoms with van der Waals surface area (Å²) < 4.78 is 5.13. The number of halogens is 2. The van der Waals surface area contributed by atoms with Crippen LogP contribution in [0.25, 0.3) is 6.08 Å². The lowest BCUT2D eigenvalue weighted by Gasteiger charge is -2.25. The highest BCUT2D eigenvalue weighted by molar-refractivity contribution is 6.40. The molecule has 1 aliphatic rings. The summed E-state index contributed by atoms with van der Waals surface area (Å²) in [5.74, 6) is -0.208. The third kappa shape index (κ3) is 4.30. The standard InChI is InChI=1S/C23H17Cl2N3O5/c1-33-20-10-13(7-8-19(20)29)9-18-23(30)27(22(26-18)14-5-3-2-4-6-14)21-16(24)11-15(28(31)32)12-17(21)25/h2-12,22,26,29H,1H3/b18-9-/t22-/m1/s1. The Bertz CT molecular complexity index is 1260. The van der Waals surface area contributed by atoms with Crippen molar-refractivity contribution in [1.82, 2.24) is 5.32 Å². The summed E-state index contributed by atoms with van der Waals surface area (Å²) in [7, 11) is 1.43. The quantitative estimate of drug-likeness (QED) is 0.289. The van der Waals surface area contributed by atoms with Gasteiger partial charge in [-0.05, 0) is 29.3 Å². The van der Waals surface area contributed by atoms with Crippen molar-refractivity contribution in [3.8, 4) is 11.5 Å². The van der Waals surface area contributed by atoms with Crippen LogP contribution < -0.4 is 15.0 Å². The van der Waals surface area contributed by atoms with Gasteiger partial charge in [-0.25, -0.2) is 0 Å². The fraction of sp³-hybridized carbons (Fsp3) is 0.0870. The molecule has 0 bridgehead atoms. The molecule has 0 spiro atoms. The minimum absolute atomic E-state index is 0.0291. The van der Waals surface area contributed by atoms with Gasteiger partial charge in [-0.3, -0.25) is 19.8 Å². The number of carbonyl (C=O) groups is 1. The fourth-order valence-electron chi connectivity index (χ4n) is 3.56. The normalized spacial score (nSPS) is 16.7. The van der Waals surface area contributed by atoms with Crippen LogP contribution in [0.2, 0.25) is 10.0 Å². The summed E-state index contributed by atoms with van der Waals surface area (Å²) in [5.41, 5.74) is 1.47. The van der Waals surface area contributed by atoms with E-state index >= 15 is 0 Å². The van der Waals surface area contributed by atoms with Crippen molar-refractivity contribution in [1.29, 1.82) is 0 Å². The molecule has 1 saturated heterocycles. The van der Waals surface area contributed by atoms with Crippen molar-refractivity contribution >= 4 is 46.6 Å². The predicted octanol–water partition coefficient (Wildman–Crippen LogP) is 5.29. The Balaban J connectivity index is 1.83. The summed E-state index contributed by atoms with van der Waals surface area (Å²) in [5, 5.41) is 24.1. The lowest BCUT2D eigenvalue weighted by Crippen LogP contribution is -2.30. The molecule has 1 fully saturated rings. The minimum atomic E-state index is -0.666. The third-order valence-electron chi connectivity index (χ3n) is 5.08. The van der Waals surface area contributed by atoms with Crippen LogP contribution in [0, 0.1) is 10.1 Å². The maximum Gasteiger partial charge on any atom is 0.276 e. The Hall–Kier alpha value is -3.75. The molecule has 1 aliphatic heterocycles. The Morgan fingerprint density at radius 1 is 1.12 bits per heavy atom. The largest absolute Gasteiger partial charge is 0.504 e. The summed E-state index contributed by atoms with van der Waals surface area (Å²) >= 11 is 12.7. The summed E-state index contributed by atoms with van der Waals surface area (Å²) in [6, 6.07) is 16.1. The smallest absolute Gasteiger partial charge is 0.276 e. The number of nitro groups is 1. The first-order chi connectivity index (χ1) is 15.8. The third-order valence-corrected chi connectivity index (χ3v) is 5.66. The monoisotopic (exact) mass is 485 g/mol. The number of nitro benzene ring substituents is 1. The van der Waals surface area contributed by atoms with Gasteiger partial charge in [0.05, 0.1) is 27.8 Å². The van der Waals surface area contributed by atoms with E-state index in [1.807, 2.05) is 30.3 Å². The van der Waals surface area contributed by atoms with Crippen LogP contribution in [0.1, 0.15) is 17.3 Å². The topological polar surface area (TPSA) is 105 Å². The Morgan fingerprint density at radius 2 is 1.79 bits per heavy atom. The second kappa shape index (κ2) is 9.01. The number of anilines is 1. The van der Waals surface area contributed by atoms with E-state index in [-0.39, 0.29) is 38.6 Å². The molecule has 3 aromatic rings. The average Bonchev–Trinajstić information content (AvgIpc) is 3.11. The number of ether oxygens (including phenoxy) is 1. The molecule has 0 radical (unpaired) electrons. The molecule has 1 heterocycles.